The summed E-state index contributed by atoms with van der Waals surface area (Å²) < 4.78 is 4.76. The van der Waals surface area contributed by atoms with E-state index in [1.807, 2.05) is 30.3 Å². The van der Waals surface area contributed by atoms with Crippen LogP contribution in [0.25, 0.3) is 0 Å². The molecule has 1 atom stereocenters. The SMILES string of the molecule is C=CCCC(C)Nc1ccc(NC(=O)COC)cc1. The average molecular weight is 262 g/mol. The second kappa shape index (κ2) is 8.32. The molecule has 0 aliphatic carbocycles. The van der Waals surface area contributed by atoms with Gasteiger partial charge in [0.25, 0.3) is 0 Å². The first-order chi connectivity index (χ1) is 9.15. The molecule has 104 valence electrons. The van der Waals surface area contributed by atoms with Gasteiger partial charge in [-0.2, -0.15) is 0 Å². The molecule has 1 amide bonds. The number of allylic oxidation sites excluding steroid dienone is 1. The maximum Gasteiger partial charge on any atom is 0.250 e. The van der Waals surface area contributed by atoms with E-state index in [1.54, 1.807) is 0 Å². The van der Waals surface area contributed by atoms with Gasteiger partial charge in [0.15, 0.2) is 0 Å². The zero-order valence-corrected chi connectivity index (χ0v) is 11.6. The van der Waals surface area contributed by atoms with Gasteiger partial charge in [0, 0.05) is 24.5 Å². The summed E-state index contributed by atoms with van der Waals surface area (Å²) in [4.78, 5) is 11.3. The van der Waals surface area contributed by atoms with Gasteiger partial charge in [0.1, 0.15) is 6.61 Å². The van der Waals surface area contributed by atoms with Crippen LogP contribution in [-0.2, 0) is 9.53 Å². The Morgan fingerprint density at radius 1 is 1.37 bits per heavy atom. The number of rotatable bonds is 8. The molecule has 1 unspecified atom stereocenters. The fourth-order valence-corrected chi connectivity index (χ4v) is 1.70. The quantitative estimate of drug-likeness (QED) is 0.708. The van der Waals surface area contributed by atoms with Crippen LogP contribution in [0.5, 0.6) is 0 Å². The van der Waals surface area contributed by atoms with E-state index >= 15 is 0 Å². The molecule has 0 saturated carbocycles. The fraction of sp³-hybridized carbons (Fsp3) is 0.400. The smallest absolute Gasteiger partial charge is 0.250 e. The van der Waals surface area contributed by atoms with E-state index in [0.717, 1.165) is 24.2 Å². The fourth-order valence-electron chi connectivity index (χ4n) is 1.70. The van der Waals surface area contributed by atoms with Gasteiger partial charge in [-0.25, -0.2) is 0 Å². The maximum atomic E-state index is 11.3. The monoisotopic (exact) mass is 262 g/mol. The summed E-state index contributed by atoms with van der Waals surface area (Å²) >= 11 is 0. The minimum Gasteiger partial charge on any atom is -0.383 e. The van der Waals surface area contributed by atoms with Crippen LogP contribution in [0, 0.1) is 0 Å². The average Bonchev–Trinajstić information content (AvgIpc) is 2.39. The van der Waals surface area contributed by atoms with Crippen molar-refractivity contribution in [1.29, 1.82) is 0 Å². The summed E-state index contributed by atoms with van der Waals surface area (Å²) in [7, 11) is 1.50. The van der Waals surface area contributed by atoms with Crippen LogP contribution in [0.15, 0.2) is 36.9 Å². The zero-order chi connectivity index (χ0) is 14.1. The Kier molecular flexibility index (Phi) is 6.68. The number of ether oxygens (including phenoxy) is 1. The number of carbonyl (C=O) groups is 1. The first kappa shape index (κ1) is 15.2. The molecule has 0 spiro atoms. The Labute approximate surface area is 114 Å². The lowest BCUT2D eigenvalue weighted by Gasteiger charge is -2.14. The first-order valence-electron chi connectivity index (χ1n) is 6.42. The van der Waals surface area contributed by atoms with E-state index in [2.05, 4.69) is 24.1 Å². The van der Waals surface area contributed by atoms with Crippen molar-refractivity contribution >= 4 is 17.3 Å². The van der Waals surface area contributed by atoms with E-state index < -0.39 is 0 Å². The summed E-state index contributed by atoms with van der Waals surface area (Å²) in [5.41, 5.74) is 1.81. The van der Waals surface area contributed by atoms with Crippen molar-refractivity contribution in [2.24, 2.45) is 0 Å². The number of carbonyl (C=O) groups excluding carboxylic acids is 1. The molecule has 0 fully saturated rings. The maximum absolute atomic E-state index is 11.3. The van der Waals surface area contributed by atoms with Crippen molar-refractivity contribution in [3.63, 3.8) is 0 Å². The van der Waals surface area contributed by atoms with Crippen molar-refractivity contribution in [2.45, 2.75) is 25.8 Å². The van der Waals surface area contributed by atoms with E-state index in [9.17, 15) is 4.79 Å². The summed E-state index contributed by atoms with van der Waals surface area (Å²) in [6.45, 7) is 5.92. The summed E-state index contributed by atoms with van der Waals surface area (Å²) in [5.74, 6) is -0.150. The lowest BCUT2D eigenvalue weighted by atomic mass is 10.1. The summed E-state index contributed by atoms with van der Waals surface area (Å²) in [6, 6.07) is 8.04. The zero-order valence-electron chi connectivity index (χ0n) is 11.6. The predicted octanol–water partition coefficient (Wildman–Crippen LogP) is 3.04. The number of amides is 1. The molecule has 19 heavy (non-hydrogen) atoms. The van der Waals surface area contributed by atoms with Crippen molar-refractivity contribution < 1.29 is 9.53 Å². The molecule has 0 saturated heterocycles. The normalized spacial score (nSPS) is 11.7. The third kappa shape index (κ3) is 6.06. The molecule has 2 N–H and O–H groups in total. The number of nitrogens with one attached hydrogen (secondary N) is 2. The van der Waals surface area contributed by atoms with E-state index in [0.29, 0.717) is 6.04 Å². The highest BCUT2D eigenvalue weighted by Gasteiger charge is 2.03. The lowest BCUT2D eigenvalue weighted by Crippen LogP contribution is -2.17. The minimum atomic E-state index is -0.150. The van der Waals surface area contributed by atoms with Gasteiger partial charge >= 0.3 is 0 Å². The second-order valence-electron chi connectivity index (χ2n) is 4.47. The van der Waals surface area contributed by atoms with Gasteiger partial charge in [-0.05, 0) is 44.0 Å². The third-order valence-corrected chi connectivity index (χ3v) is 2.66. The number of anilines is 2. The number of hydrogen-bond acceptors (Lipinski definition) is 3. The van der Waals surface area contributed by atoms with Crippen LogP contribution < -0.4 is 10.6 Å². The summed E-state index contributed by atoms with van der Waals surface area (Å²) in [5, 5.41) is 6.15. The highest BCUT2D eigenvalue weighted by atomic mass is 16.5. The predicted molar refractivity (Wildman–Crippen MR) is 79.5 cm³/mol. The highest BCUT2D eigenvalue weighted by Crippen LogP contribution is 2.15. The Bertz CT molecular complexity index is 401. The van der Waals surface area contributed by atoms with Crippen LogP contribution in [-0.4, -0.2) is 25.7 Å². The molecule has 0 aromatic heterocycles. The molecule has 0 bridgehead atoms. The van der Waals surface area contributed by atoms with Crippen LogP contribution in [0.1, 0.15) is 19.8 Å². The van der Waals surface area contributed by atoms with Crippen LogP contribution in [0.2, 0.25) is 0 Å². The number of benzene rings is 1. The molecule has 1 aromatic rings. The molecule has 0 heterocycles. The molecule has 0 aliphatic heterocycles. The Balaban J connectivity index is 2.47. The van der Waals surface area contributed by atoms with Crippen molar-refractivity contribution in [2.75, 3.05) is 24.4 Å². The molecule has 0 radical (unpaired) electrons. The van der Waals surface area contributed by atoms with Crippen molar-refractivity contribution in [3.05, 3.63) is 36.9 Å². The molecular formula is C15H22N2O2. The van der Waals surface area contributed by atoms with Gasteiger partial charge in [-0.15, -0.1) is 6.58 Å². The molecule has 0 aliphatic rings. The minimum absolute atomic E-state index is 0.0680. The lowest BCUT2D eigenvalue weighted by molar-refractivity contribution is -0.119. The third-order valence-electron chi connectivity index (χ3n) is 2.66. The number of methoxy groups -OCH3 is 1. The molecule has 4 nitrogen and oxygen atoms in total. The van der Waals surface area contributed by atoms with Crippen molar-refractivity contribution in [1.82, 2.24) is 0 Å². The van der Waals surface area contributed by atoms with E-state index in [1.165, 1.54) is 7.11 Å². The summed E-state index contributed by atoms with van der Waals surface area (Å²) in [6.07, 6.45) is 3.97. The van der Waals surface area contributed by atoms with Gasteiger partial charge in [0.2, 0.25) is 5.91 Å². The van der Waals surface area contributed by atoms with Gasteiger partial charge in [0.05, 0.1) is 0 Å². The molecule has 4 heteroatoms. The second-order valence-corrected chi connectivity index (χ2v) is 4.47. The van der Waals surface area contributed by atoms with Crippen LogP contribution in [0.3, 0.4) is 0 Å². The van der Waals surface area contributed by atoms with Gasteiger partial charge in [-0.3, -0.25) is 4.79 Å². The Morgan fingerprint density at radius 3 is 2.58 bits per heavy atom. The number of hydrogen-bond donors (Lipinski definition) is 2. The highest BCUT2D eigenvalue weighted by molar-refractivity contribution is 5.91. The molecular weight excluding hydrogens is 240 g/mol. The Hall–Kier alpha value is -1.81. The standard InChI is InChI=1S/C15H22N2O2/c1-4-5-6-12(2)16-13-7-9-14(10-8-13)17-15(18)11-19-3/h4,7-10,12,16H,1,5-6,11H2,2-3H3,(H,17,18). The topological polar surface area (TPSA) is 50.4 Å². The first-order valence-corrected chi connectivity index (χ1v) is 6.42. The van der Waals surface area contributed by atoms with Gasteiger partial charge in [-0.1, -0.05) is 6.08 Å². The van der Waals surface area contributed by atoms with E-state index in [-0.39, 0.29) is 12.5 Å². The largest absolute Gasteiger partial charge is 0.383 e. The van der Waals surface area contributed by atoms with E-state index in [4.69, 9.17) is 4.74 Å². The van der Waals surface area contributed by atoms with Crippen LogP contribution >= 0.6 is 0 Å². The molecule has 1 aromatic carbocycles. The Morgan fingerprint density at radius 2 is 2.00 bits per heavy atom. The molecule has 1 rings (SSSR count). The van der Waals surface area contributed by atoms with Gasteiger partial charge < -0.3 is 15.4 Å². The van der Waals surface area contributed by atoms with Crippen molar-refractivity contribution in [3.8, 4) is 0 Å². The van der Waals surface area contributed by atoms with Crippen LogP contribution in [0.4, 0.5) is 11.4 Å².